The topological polar surface area (TPSA) is 105 Å². The lowest BCUT2D eigenvalue weighted by Gasteiger charge is -2.04. The maximum absolute atomic E-state index is 12.5. The van der Waals surface area contributed by atoms with Crippen LogP contribution in [0.4, 0.5) is 0 Å². The zero-order valence-electron chi connectivity index (χ0n) is 14.9. The molecule has 0 saturated heterocycles. The number of fused-ring (bicyclic) bond motifs is 1. The third-order valence-electron chi connectivity index (χ3n) is 4.43. The van der Waals surface area contributed by atoms with Gasteiger partial charge in [0.1, 0.15) is 11.5 Å². The molecule has 0 bridgehead atoms. The number of nitrogens with zero attached hydrogens (tertiary/aromatic N) is 2. The number of aromatic amines is 2. The summed E-state index contributed by atoms with van der Waals surface area (Å²) in [7, 11) is 1.62. The lowest BCUT2D eigenvalue weighted by atomic mass is 10.1. The number of rotatable bonds is 5. The molecule has 27 heavy (non-hydrogen) atoms. The Morgan fingerprint density at radius 3 is 2.59 bits per heavy atom. The quantitative estimate of drug-likeness (QED) is 0.562. The predicted molar refractivity (Wildman–Crippen MR) is 99.3 cm³/mol. The minimum atomic E-state index is -0.281. The molecular formula is C19H18N4O4. The Balaban J connectivity index is 1.75. The van der Waals surface area contributed by atoms with Gasteiger partial charge in [0, 0.05) is 35.5 Å². The van der Waals surface area contributed by atoms with Gasteiger partial charge in [-0.3, -0.25) is 14.7 Å². The summed E-state index contributed by atoms with van der Waals surface area (Å²) in [6.45, 7) is 1.90. The summed E-state index contributed by atoms with van der Waals surface area (Å²) < 4.78 is 11.7. The average Bonchev–Trinajstić information content (AvgIpc) is 3.23. The van der Waals surface area contributed by atoms with Crippen molar-refractivity contribution in [2.75, 3.05) is 7.11 Å². The van der Waals surface area contributed by atoms with E-state index < -0.39 is 0 Å². The van der Waals surface area contributed by atoms with Crippen molar-refractivity contribution in [1.82, 2.24) is 19.8 Å². The molecule has 2 N–H and O–H groups in total. The standard InChI is InChI=1S/C19H18N4O4/c1-11-18(12-3-6-14(26-2)7-4-12)19-20-13(9-17(25)23(19)21-11)5-8-15-10-16(24)22-27-15/h3-4,6-7,9-10,21H,5,8H2,1-2H3,(H,22,24). The molecule has 0 atom stereocenters. The summed E-state index contributed by atoms with van der Waals surface area (Å²) in [5.41, 5.74) is 3.38. The highest BCUT2D eigenvalue weighted by atomic mass is 16.5. The van der Waals surface area contributed by atoms with Crippen molar-refractivity contribution in [2.45, 2.75) is 19.8 Å². The van der Waals surface area contributed by atoms with E-state index >= 15 is 0 Å². The normalized spacial score (nSPS) is 11.2. The fourth-order valence-electron chi connectivity index (χ4n) is 3.12. The molecular weight excluding hydrogens is 348 g/mol. The minimum Gasteiger partial charge on any atom is -0.497 e. The first kappa shape index (κ1) is 16.9. The molecule has 138 valence electrons. The summed E-state index contributed by atoms with van der Waals surface area (Å²) in [4.78, 5) is 28.3. The molecule has 0 aliphatic rings. The van der Waals surface area contributed by atoms with Crippen LogP contribution in [0, 0.1) is 6.92 Å². The second kappa shape index (κ2) is 6.64. The molecule has 3 heterocycles. The summed E-state index contributed by atoms with van der Waals surface area (Å²) in [6.07, 6.45) is 0.960. The maximum atomic E-state index is 12.5. The monoisotopic (exact) mass is 366 g/mol. The van der Waals surface area contributed by atoms with Gasteiger partial charge in [-0.2, -0.15) is 5.16 Å². The molecule has 0 spiro atoms. The number of hydrogen-bond acceptors (Lipinski definition) is 5. The van der Waals surface area contributed by atoms with Crippen LogP contribution in [0.15, 0.2) is 50.5 Å². The third kappa shape index (κ3) is 3.17. The van der Waals surface area contributed by atoms with E-state index in [0.29, 0.717) is 29.9 Å². The Morgan fingerprint density at radius 1 is 1.15 bits per heavy atom. The van der Waals surface area contributed by atoms with Gasteiger partial charge in [-0.05, 0) is 31.0 Å². The molecule has 0 saturated carbocycles. The summed E-state index contributed by atoms with van der Waals surface area (Å²) in [5, 5.41) is 5.33. The molecule has 4 aromatic rings. The van der Waals surface area contributed by atoms with Crippen LogP contribution in [0.5, 0.6) is 5.75 Å². The van der Waals surface area contributed by atoms with Gasteiger partial charge in [0.05, 0.1) is 7.11 Å². The summed E-state index contributed by atoms with van der Waals surface area (Å²) in [6, 6.07) is 10.5. The number of H-pyrrole nitrogens is 2. The van der Waals surface area contributed by atoms with Gasteiger partial charge in [0.15, 0.2) is 5.65 Å². The smallest absolute Gasteiger partial charge is 0.280 e. The highest BCUT2D eigenvalue weighted by Crippen LogP contribution is 2.28. The van der Waals surface area contributed by atoms with Gasteiger partial charge in [-0.1, -0.05) is 12.1 Å². The molecule has 4 rings (SSSR count). The Hall–Kier alpha value is -3.55. The highest BCUT2D eigenvalue weighted by Gasteiger charge is 2.15. The second-order valence-electron chi connectivity index (χ2n) is 6.26. The fourth-order valence-corrected chi connectivity index (χ4v) is 3.12. The lowest BCUT2D eigenvalue weighted by molar-refractivity contribution is 0.378. The minimum absolute atomic E-state index is 0.187. The Kier molecular flexibility index (Phi) is 4.15. The summed E-state index contributed by atoms with van der Waals surface area (Å²) in [5.74, 6) is 1.29. The van der Waals surface area contributed by atoms with Gasteiger partial charge in [0.2, 0.25) is 0 Å². The molecule has 8 heteroatoms. The van der Waals surface area contributed by atoms with Gasteiger partial charge in [0.25, 0.3) is 11.1 Å². The fraction of sp³-hybridized carbons (Fsp3) is 0.211. The van der Waals surface area contributed by atoms with E-state index in [1.54, 1.807) is 7.11 Å². The van der Waals surface area contributed by atoms with Crippen molar-refractivity contribution in [3.05, 3.63) is 74.3 Å². The predicted octanol–water partition coefficient (Wildman–Crippen LogP) is 2.07. The second-order valence-corrected chi connectivity index (χ2v) is 6.26. The van der Waals surface area contributed by atoms with Crippen LogP contribution < -0.4 is 15.9 Å². The van der Waals surface area contributed by atoms with Gasteiger partial charge in [-0.15, -0.1) is 0 Å². The van der Waals surface area contributed by atoms with Gasteiger partial charge < -0.3 is 9.26 Å². The van der Waals surface area contributed by atoms with Crippen molar-refractivity contribution in [3.63, 3.8) is 0 Å². The van der Waals surface area contributed by atoms with E-state index in [2.05, 4.69) is 15.2 Å². The number of aromatic nitrogens is 4. The van der Waals surface area contributed by atoms with Crippen molar-refractivity contribution in [2.24, 2.45) is 0 Å². The lowest BCUT2D eigenvalue weighted by Crippen LogP contribution is -2.16. The highest BCUT2D eigenvalue weighted by molar-refractivity contribution is 5.80. The number of methoxy groups -OCH3 is 1. The van der Waals surface area contributed by atoms with Crippen molar-refractivity contribution in [1.29, 1.82) is 0 Å². The molecule has 3 aromatic heterocycles. The third-order valence-corrected chi connectivity index (χ3v) is 4.43. The SMILES string of the molecule is COc1ccc(-c2c(C)[nH]n3c(=O)cc(CCc4cc(=O)[nH]o4)nc23)cc1. The average molecular weight is 366 g/mol. The first-order valence-electron chi connectivity index (χ1n) is 8.48. The van der Waals surface area contributed by atoms with Crippen molar-refractivity contribution >= 4 is 5.65 Å². The molecule has 8 nitrogen and oxygen atoms in total. The van der Waals surface area contributed by atoms with E-state index in [0.717, 1.165) is 22.6 Å². The van der Waals surface area contributed by atoms with Crippen LogP contribution >= 0.6 is 0 Å². The molecule has 0 aliphatic carbocycles. The zero-order valence-corrected chi connectivity index (χ0v) is 14.9. The number of hydrogen-bond donors (Lipinski definition) is 2. The number of benzene rings is 1. The van der Waals surface area contributed by atoms with Crippen LogP contribution in [0.2, 0.25) is 0 Å². The van der Waals surface area contributed by atoms with Crippen LogP contribution in [0.3, 0.4) is 0 Å². The van der Waals surface area contributed by atoms with Crippen molar-refractivity contribution < 1.29 is 9.26 Å². The largest absolute Gasteiger partial charge is 0.497 e. The van der Waals surface area contributed by atoms with Crippen LogP contribution in [0.25, 0.3) is 16.8 Å². The molecule has 0 aliphatic heterocycles. The van der Waals surface area contributed by atoms with Gasteiger partial charge in [-0.25, -0.2) is 9.50 Å². The molecule has 0 radical (unpaired) electrons. The Bertz CT molecular complexity index is 1210. The number of nitrogens with one attached hydrogen (secondary N) is 2. The maximum Gasteiger partial charge on any atom is 0.280 e. The summed E-state index contributed by atoms with van der Waals surface area (Å²) >= 11 is 0. The van der Waals surface area contributed by atoms with Crippen LogP contribution in [-0.2, 0) is 12.8 Å². The van der Waals surface area contributed by atoms with Crippen molar-refractivity contribution in [3.8, 4) is 16.9 Å². The van der Waals surface area contributed by atoms with Crippen LogP contribution in [0.1, 0.15) is 17.1 Å². The number of aryl methyl sites for hydroxylation is 3. The first-order chi connectivity index (χ1) is 13.0. The van der Waals surface area contributed by atoms with E-state index in [1.165, 1.54) is 16.6 Å². The zero-order chi connectivity index (χ0) is 19.0. The Labute approximate surface area is 153 Å². The Morgan fingerprint density at radius 2 is 1.93 bits per heavy atom. The molecule has 0 fully saturated rings. The number of ether oxygens (including phenoxy) is 1. The van der Waals surface area contributed by atoms with E-state index in [9.17, 15) is 9.59 Å². The molecule has 0 unspecified atom stereocenters. The van der Waals surface area contributed by atoms with E-state index in [-0.39, 0.29) is 11.1 Å². The molecule has 0 amide bonds. The first-order valence-corrected chi connectivity index (χ1v) is 8.48. The van der Waals surface area contributed by atoms with Gasteiger partial charge >= 0.3 is 0 Å². The molecule has 1 aromatic carbocycles. The van der Waals surface area contributed by atoms with E-state index in [4.69, 9.17) is 9.26 Å². The van der Waals surface area contributed by atoms with Crippen LogP contribution in [-0.4, -0.2) is 26.9 Å². The van der Waals surface area contributed by atoms with E-state index in [1.807, 2.05) is 31.2 Å².